The number of morpholine rings is 1. The topological polar surface area (TPSA) is 209 Å². The third-order valence-corrected chi connectivity index (χ3v) is 16.9. The zero-order chi connectivity index (χ0) is 51.2. The predicted octanol–water partition coefficient (Wildman–Crippen LogP) is 6.80. The second-order valence-electron chi connectivity index (χ2n) is 19.7. The van der Waals surface area contributed by atoms with Crippen molar-refractivity contribution < 1.29 is 42.9 Å². The molecule has 0 unspecified atom stereocenters. The Bertz CT molecular complexity index is 2560. The van der Waals surface area contributed by atoms with Gasteiger partial charge in [0.15, 0.2) is 5.67 Å². The number of benzene rings is 2. The summed E-state index contributed by atoms with van der Waals surface area (Å²) in [5.41, 5.74) is 3.71. The molecule has 17 nitrogen and oxygen atoms in total. The van der Waals surface area contributed by atoms with Crippen LogP contribution < -0.4 is 26.0 Å². The number of thioether (sulfide) groups is 1. The molecule has 0 radical (unpaired) electrons. The van der Waals surface area contributed by atoms with Gasteiger partial charge in [-0.05, 0) is 106 Å². The summed E-state index contributed by atoms with van der Waals surface area (Å²) >= 11 is 9.26. The third-order valence-electron chi connectivity index (χ3n) is 14.0. The van der Waals surface area contributed by atoms with Crippen LogP contribution in [0, 0.1) is 18.8 Å². The Labute approximate surface area is 433 Å². The number of halogens is 2. The van der Waals surface area contributed by atoms with E-state index in [1.165, 1.54) is 18.2 Å². The number of aliphatic hydroxyl groups is 1. The maximum Gasteiger partial charge on any atom is 0.258 e. The summed E-state index contributed by atoms with van der Waals surface area (Å²) < 4.78 is 32.1. The van der Waals surface area contributed by atoms with E-state index < -0.39 is 46.3 Å². The first-order valence-corrected chi connectivity index (χ1v) is 26.8. The first-order valence-electron chi connectivity index (χ1n) is 24.6. The summed E-state index contributed by atoms with van der Waals surface area (Å²) in [4.78, 5) is 72.3. The number of ether oxygens (including phenoxy) is 3. The first kappa shape index (κ1) is 53.2. The lowest BCUT2D eigenvalue weighted by Crippen LogP contribution is -2.61. The number of anilines is 3. The van der Waals surface area contributed by atoms with Gasteiger partial charge in [0.05, 0.1) is 60.5 Å². The fourth-order valence-electron chi connectivity index (χ4n) is 9.45. The minimum atomic E-state index is -2.01. The van der Waals surface area contributed by atoms with Crippen molar-refractivity contribution in [3.8, 4) is 16.2 Å². The van der Waals surface area contributed by atoms with Crippen molar-refractivity contribution in [2.45, 2.75) is 107 Å². The number of amides is 4. The van der Waals surface area contributed by atoms with Crippen LogP contribution in [0.3, 0.4) is 0 Å². The van der Waals surface area contributed by atoms with Crippen molar-refractivity contribution in [2.24, 2.45) is 11.8 Å². The van der Waals surface area contributed by atoms with Crippen LogP contribution in [0.1, 0.15) is 80.4 Å². The summed E-state index contributed by atoms with van der Waals surface area (Å²) in [6, 6.07) is 10.9. The number of likely N-dealkylation sites (tertiary alicyclic amines) is 1. The van der Waals surface area contributed by atoms with Gasteiger partial charge in [-0.3, -0.25) is 19.2 Å². The van der Waals surface area contributed by atoms with E-state index in [2.05, 4.69) is 36.2 Å². The van der Waals surface area contributed by atoms with Gasteiger partial charge in [0, 0.05) is 56.6 Å². The van der Waals surface area contributed by atoms with E-state index in [0.717, 1.165) is 47.4 Å². The van der Waals surface area contributed by atoms with Gasteiger partial charge in [-0.1, -0.05) is 35.9 Å². The number of alkyl halides is 1. The SMILES string of the molecule is CNc1nc(Nc2ccc(C(=O)N3CCO[C@@H](COCC4CCC(CSC(C)(C)[C@H](NC(=O)C5(F)CC5)C(=O)N5C[C@H](O)C[C@H]5C(=O)NCc5ccc(-c6scnc6C)cc5)CC4)C3)cc2OC)ncc1Cl. The molecule has 4 amide bonds. The van der Waals surface area contributed by atoms with Gasteiger partial charge >= 0.3 is 0 Å². The molecule has 5 N–H and O–H groups in total. The molecule has 2 aromatic heterocycles. The van der Waals surface area contributed by atoms with Crippen LogP contribution in [0.2, 0.25) is 5.02 Å². The Morgan fingerprint density at radius 1 is 1.06 bits per heavy atom. The standard InChI is InChI=1S/C51H65ClFN9O8S2/c1-30-42(71-29-57-30)34-12-10-31(11-13-34)22-55-45(64)40-21-36(63)24-62(40)47(66)43(59-48(67)51(53)16-17-51)50(2,3)72-28-33-8-6-32(7-9-33)26-69-27-37-25-61(18-19-70-37)46(65)35-14-15-39(41(20-35)68-5)58-49-56-23-38(52)44(54-4)60-49/h10-15,20,23,29,32-33,36-37,40,43,63H,6-9,16-19,21-22,24-28H2,1-5H3,(H,55,64)(H,59,67)(H2,54,56,58,60)/t32?,33?,36-,37-,40+,43-/m1/s1. The molecule has 21 heteroatoms. The molecule has 4 aliphatic rings. The van der Waals surface area contributed by atoms with Crippen LogP contribution in [-0.4, -0.2) is 148 Å². The average Bonchev–Trinajstić information content (AvgIpc) is 3.79. The third kappa shape index (κ3) is 13.0. The number of carbonyl (C=O) groups is 4. The molecule has 4 fully saturated rings. The molecule has 2 saturated carbocycles. The van der Waals surface area contributed by atoms with Gasteiger partial charge in [-0.25, -0.2) is 14.4 Å². The van der Waals surface area contributed by atoms with Gasteiger partial charge in [0.1, 0.15) is 28.7 Å². The number of hydrogen-bond acceptors (Lipinski definition) is 15. The zero-order valence-corrected chi connectivity index (χ0v) is 43.8. The van der Waals surface area contributed by atoms with Gasteiger partial charge in [-0.15, -0.1) is 11.3 Å². The van der Waals surface area contributed by atoms with Crippen molar-refractivity contribution >= 4 is 75.8 Å². The summed E-state index contributed by atoms with van der Waals surface area (Å²) in [6.45, 7) is 8.02. The highest BCUT2D eigenvalue weighted by Gasteiger charge is 2.54. The minimum absolute atomic E-state index is 0.0491. The number of methoxy groups -OCH3 is 1. The second-order valence-corrected chi connectivity index (χ2v) is 22.6. The Hall–Kier alpha value is -5.12. The summed E-state index contributed by atoms with van der Waals surface area (Å²) in [5, 5.41) is 22.9. The minimum Gasteiger partial charge on any atom is -0.495 e. The smallest absolute Gasteiger partial charge is 0.258 e. The van der Waals surface area contributed by atoms with E-state index >= 15 is 4.39 Å². The number of hydrogen-bond donors (Lipinski definition) is 5. The van der Waals surface area contributed by atoms with Crippen LogP contribution in [-0.2, 0) is 30.4 Å². The Balaban J connectivity index is 0.795. The summed E-state index contributed by atoms with van der Waals surface area (Å²) in [7, 11) is 3.25. The van der Waals surface area contributed by atoms with Crippen molar-refractivity contribution in [1.82, 2.24) is 35.4 Å². The van der Waals surface area contributed by atoms with Gasteiger partial charge in [-0.2, -0.15) is 16.7 Å². The van der Waals surface area contributed by atoms with Gasteiger partial charge in [0.2, 0.25) is 17.8 Å². The van der Waals surface area contributed by atoms with Crippen molar-refractivity contribution in [3.63, 3.8) is 0 Å². The molecular formula is C51H65ClFN9O8S2. The molecule has 2 saturated heterocycles. The van der Waals surface area contributed by atoms with Crippen LogP contribution >= 0.6 is 34.7 Å². The van der Waals surface area contributed by atoms with E-state index in [1.54, 1.807) is 58.8 Å². The number of β-amino-alcohol motifs (C(OH)–C–C–N with tert-alkyl or cyclic N) is 1. The van der Waals surface area contributed by atoms with Crippen LogP contribution in [0.15, 0.2) is 54.2 Å². The molecule has 4 heterocycles. The lowest BCUT2D eigenvalue weighted by Gasteiger charge is -2.38. The van der Waals surface area contributed by atoms with E-state index in [9.17, 15) is 24.3 Å². The molecule has 72 heavy (non-hydrogen) atoms. The average molecular weight is 1050 g/mol. The van der Waals surface area contributed by atoms with Crippen LogP contribution in [0.25, 0.3) is 10.4 Å². The number of nitrogens with one attached hydrogen (secondary N) is 4. The highest BCUT2D eigenvalue weighted by Crippen LogP contribution is 2.42. The fraction of sp³-hybridized carbons (Fsp3) is 0.549. The molecule has 4 atom stereocenters. The maximum absolute atomic E-state index is 15.2. The van der Waals surface area contributed by atoms with Gasteiger partial charge < -0.3 is 50.4 Å². The van der Waals surface area contributed by atoms with Gasteiger partial charge in [0.25, 0.3) is 11.8 Å². The molecule has 8 rings (SSSR count). The normalized spacial score (nSPS) is 22.2. The van der Waals surface area contributed by atoms with Crippen molar-refractivity contribution in [3.05, 3.63) is 76.0 Å². The second kappa shape index (κ2) is 23.4. The van der Waals surface area contributed by atoms with E-state index in [4.69, 9.17) is 25.8 Å². The maximum atomic E-state index is 15.2. The van der Waals surface area contributed by atoms with Crippen molar-refractivity contribution in [1.29, 1.82) is 0 Å². The number of carbonyl (C=O) groups excluding carboxylic acids is 4. The zero-order valence-electron chi connectivity index (χ0n) is 41.4. The van der Waals surface area contributed by atoms with E-state index in [1.807, 2.05) is 45.0 Å². The lowest BCUT2D eigenvalue weighted by molar-refractivity contribution is -0.143. The van der Waals surface area contributed by atoms with Crippen LogP contribution in [0.5, 0.6) is 5.75 Å². The molecule has 0 bridgehead atoms. The largest absolute Gasteiger partial charge is 0.495 e. The fourth-order valence-corrected chi connectivity index (χ4v) is 11.8. The molecule has 388 valence electrons. The number of aryl methyl sites for hydroxylation is 1. The van der Waals surface area contributed by atoms with E-state index in [0.29, 0.717) is 84.3 Å². The molecule has 0 spiro atoms. The van der Waals surface area contributed by atoms with Crippen LogP contribution in [0.4, 0.5) is 21.8 Å². The Morgan fingerprint density at radius 2 is 1.81 bits per heavy atom. The molecule has 2 aliphatic carbocycles. The number of aliphatic hydroxyl groups excluding tert-OH is 1. The highest BCUT2D eigenvalue weighted by molar-refractivity contribution is 8.00. The predicted molar refractivity (Wildman–Crippen MR) is 277 cm³/mol. The summed E-state index contributed by atoms with van der Waals surface area (Å²) in [6.07, 6.45) is 4.34. The molecular weight excluding hydrogens is 985 g/mol. The molecule has 2 aromatic carbocycles. The lowest BCUT2D eigenvalue weighted by atomic mass is 9.83. The van der Waals surface area contributed by atoms with Crippen molar-refractivity contribution in [2.75, 3.05) is 70.0 Å². The Kier molecular flexibility index (Phi) is 17.3. The number of thiazole rings is 1. The van der Waals surface area contributed by atoms with E-state index in [-0.39, 0.29) is 44.4 Å². The quantitative estimate of drug-likeness (QED) is 0.0617. The number of nitrogens with zero attached hydrogens (tertiary/aromatic N) is 5. The Morgan fingerprint density at radius 3 is 2.50 bits per heavy atom. The molecule has 2 aliphatic heterocycles. The number of rotatable bonds is 20. The highest BCUT2D eigenvalue weighted by atomic mass is 35.5. The number of aromatic nitrogens is 3. The summed E-state index contributed by atoms with van der Waals surface area (Å²) in [5.74, 6) is 0.781. The first-order chi connectivity index (χ1) is 34.5. The monoisotopic (exact) mass is 1050 g/mol. The molecule has 4 aromatic rings.